The van der Waals surface area contributed by atoms with Crippen LogP contribution in [0.25, 0.3) is 0 Å². The molecular formula is C18H25FN2O3. The molecule has 0 atom stereocenters. The lowest BCUT2D eigenvalue weighted by Crippen LogP contribution is -2.47. The van der Waals surface area contributed by atoms with E-state index in [9.17, 15) is 14.0 Å². The van der Waals surface area contributed by atoms with Gasteiger partial charge < -0.3 is 15.0 Å². The van der Waals surface area contributed by atoms with Crippen molar-refractivity contribution in [3.8, 4) is 5.75 Å². The van der Waals surface area contributed by atoms with Crippen LogP contribution in [0.1, 0.15) is 39.0 Å². The average Bonchev–Trinajstić information content (AvgIpc) is 2.59. The number of piperidine rings is 1. The predicted octanol–water partition coefficient (Wildman–Crippen LogP) is 2.50. The van der Waals surface area contributed by atoms with Gasteiger partial charge in [0, 0.05) is 25.6 Å². The molecule has 1 aromatic rings. The Balaban J connectivity index is 1.71. The summed E-state index contributed by atoms with van der Waals surface area (Å²) >= 11 is 0. The van der Waals surface area contributed by atoms with E-state index in [-0.39, 0.29) is 30.2 Å². The Labute approximate surface area is 142 Å². The Kier molecular flexibility index (Phi) is 7.03. The van der Waals surface area contributed by atoms with Crippen molar-refractivity contribution in [2.75, 3.05) is 19.7 Å². The minimum absolute atomic E-state index is 0.0870. The zero-order chi connectivity index (χ0) is 17.4. The number of halogens is 1. The normalized spacial score (nSPS) is 15.2. The fourth-order valence-corrected chi connectivity index (χ4v) is 2.70. The highest BCUT2D eigenvalue weighted by molar-refractivity contribution is 5.78. The monoisotopic (exact) mass is 336 g/mol. The lowest BCUT2D eigenvalue weighted by atomic mass is 10.0. The van der Waals surface area contributed by atoms with Gasteiger partial charge in [0.15, 0.2) is 18.2 Å². The van der Waals surface area contributed by atoms with E-state index in [0.717, 1.165) is 25.7 Å². The second-order valence-corrected chi connectivity index (χ2v) is 6.05. The summed E-state index contributed by atoms with van der Waals surface area (Å²) in [6, 6.07) is 6.16. The van der Waals surface area contributed by atoms with Crippen molar-refractivity contribution in [2.24, 2.45) is 0 Å². The molecule has 2 rings (SSSR count). The van der Waals surface area contributed by atoms with Crippen LogP contribution in [0.3, 0.4) is 0 Å². The van der Waals surface area contributed by atoms with Crippen LogP contribution in [0.2, 0.25) is 0 Å². The highest BCUT2D eigenvalue weighted by atomic mass is 19.1. The minimum Gasteiger partial charge on any atom is -0.481 e. The molecule has 0 unspecified atom stereocenters. The van der Waals surface area contributed by atoms with Gasteiger partial charge in [-0.3, -0.25) is 9.59 Å². The summed E-state index contributed by atoms with van der Waals surface area (Å²) < 4.78 is 18.7. The van der Waals surface area contributed by atoms with Crippen molar-refractivity contribution in [3.63, 3.8) is 0 Å². The van der Waals surface area contributed by atoms with E-state index in [1.807, 2.05) is 0 Å². The van der Waals surface area contributed by atoms with Crippen molar-refractivity contribution in [1.29, 1.82) is 0 Å². The summed E-state index contributed by atoms with van der Waals surface area (Å²) in [6.45, 7) is 3.05. The molecule has 1 fully saturated rings. The molecule has 132 valence electrons. The first-order valence-corrected chi connectivity index (χ1v) is 8.54. The first-order valence-electron chi connectivity index (χ1n) is 8.54. The quantitative estimate of drug-likeness (QED) is 0.832. The smallest absolute Gasteiger partial charge is 0.260 e. The number of nitrogens with zero attached hydrogens (tertiary/aromatic N) is 1. The van der Waals surface area contributed by atoms with E-state index in [2.05, 4.69) is 12.2 Å². The van der Waals surface area contributed by atoms with Gasteiger partial charge in [-0.25, -0.2) is 4.39 Å². The van der Waals surface area contributed by atoms with Gasteiger partial charge in [0.05, 0.1) is 0 Å². The Bertz CT molecular complexity index is 557. The van der Waals surface area contributed by atoms with E-state index < -0.39 is 5.82 Å². The maximum Gasteiger partial charge on any atom is 0.260 e. The molecule has 6 heteroatoms. The van der Waals surface area contributed by atoms with Gasteiger partial charge in [0.2, 0.25) is 5.91 Å². The zero-order valence-electron chi connectivity index (χ0n) is 14.1. The fourth-order valence-electron chi connectivity index (χ4n) is 2.70. The summed E-state index contributed by atoms with van der Waals surface area (Å²) in [6.07, 6.45) is 3.94. The summed E-state index contributed by atoms with van der Waals surface area (Å²) in [7, 11) is 0. The molecule has 0 radical (unpaired) electrons. The van der Waals surface area contributed by atoms with Gasteiger partial charge in [-0.15, -0.1) is 0 Å². The molecule has 0 bridgehead atoms. The van der Waals surface area contributed by atoms with Crippen LogP contribution in [0.5, 0.6) is 5.75 Å². The third-order valence-corrected chi connectivity index (χ3v) is 4.16. The largest absolute Gasteiger partial charge is 0.481 e. The number of para-hydroxylation sites is 1. The molecule has 1 N–H and O–H groups in total. The van der Waals surface area contributed by atoms with E-state index >= 15 is 0 Å². The number of nitrogens with one attached hydrogen (secondary N) is 1. The average molecular weight is 336 g/mol. The Morgan fingerprint density at radius 2 is 2.00 bits per heavy atom. The number of amides is 2. The number of hydrogen-bond acceptors (Lipinski definition) is 3. The van der Waals surface area contributed by atoms with Gasteiger partial charge in [-0.2, -0.15) is 0 Å². The third-order valence-electron chi connectivity index (χ3n) is 4.16. The number of carbonyl (C=O) groups is 2. The highest BCUT2D eigenvalue weighted by Gasteiger charge is 2.24. The molecule has 5 nitrogen and oxygen atoms in total. The van der Waals surface area contributed by atoms with Gasteiger partial charge in [-0.1, -0.05) is 25.5 Å². The number of rotatable bonds is 7. The second-order valence-electron chi connectivity index (χ2n) is 6.05. The number of benzene rings is 1. The molecule has 0 spiro atoms. The number of ether oxygens (including phenoxy) is 1. The standard InChI is InChI=1S/C18H25FN2O3/c1-2-3-8-17(22)20-14-9-11-21(12-10-14)18(23)13-24-16-7-5-4-6-15(16)19/h4-7,14H,2-3,8-13H2,1H3,(H,20,22). The van der Waals surface area contributed by atoms with E-state index in [4.69, 9.17) is 4.74 Å². The van der Waals surface area contributed by atoms with E-state index in [0.29, 0.717) is 19.5 Å². The van der Waals surface area contributed by atoms with Crippen LogP contribution >= 0.6 is 0 Å². The van der Waals surface area contributed by atoms with Crippen molar-refractivity contribution in [2.45, 2.75) is 45.1 Å². The number of likely N-dealkylation sites (tertiary alicyclic amines) is 1. The summed E-state index contributed by atoms with van der Waals surface area (Å²) in [5, 5.41) is 3.02. The minimum atomic E-state index is -0.473. The summed E-state index contributed by atoms with van der Waals surface area (Å²) in [5.41, 5.74) is 0. The van der Waals surface area contributed by atoms with Crippen LogP contribution < -0.4 is 10.1 Å². The van der Waals surface area contributed by atoms with Gasteiger partial charge in [0.25, 0.3) is 5.91 Å². The molecule has 1 aromatic carbocycles. The van der Waals surface area contributed by atoms with Crippen molar-refractivity contribution >= 4 is 11.8 Å². The number of unbranched alkanes of at least 4 members (excludes halogenated alkanes) is 1. The number of hydrogen-bond donors (Lipinski definition) is 1. The van der Waals surface area contributed by atoms with Gasteiger partial charge >= 0.3 is 0 Å². The topological polar surface area (TPSA) is 58.6 Å². The maximum atomic E-state index is 13.5. The SMILES string of the molecule is CCCCC(=O)NC1CCN(C(=O)COc2ccccc2F)CC1. The fraction of sp³-hybridized carbons (Fsp3) is 0.556. The van der Waals surface area contributed by atoms with Gasteiger partial charge in [-0.05, 0) is 31.4 Å². The van der Waals surface area contributed by atoms with Crippen molar-refractivity contribution in [1.82, 2.24) is 10.2 Å². The molecule has 1 heterocycles. The lowest BCUT2D eigenvalue weighted by molar-refractivity contribution is -0.134. The van der Waals surface area contributed by atoms with Crippen molar-refractivity contribution in [3.05, 3.63) is 30.1 Å². The summed E-state index contributed by atoms with van der Waals surface area (Å²) in [4.78, 5) is 25.6. The predicted molar refractivity (Wildman–Crippen MR) is 89.2 cm³/mol. The molecule has 2 amide bonds. The van der Waals surface area contributed by atoms with Gasteiger partial charge in [0.1, 0.15) is 0 Å². The second kappa shape index (κ2) is 9.25. The first-order chi connectivity index (χ1) is 11.6. The molecule has 0 saturated carbocycles. The maximum absolute atomic E-state index is 13.5. The van der Waals surface area contributed by atoms with Crippen LogP contribution in [-0.2, 0) is 9.59 Å². The molecular weight excluding hydrogens is 311 g/mol. The Morgan fingerprint density at radius 3 is 2.67 bits per heavy atom. The van der Waals surface area contributed by atoms with Crippen LogP contribution in [0, 0.1) is 5.82 Å². The van der Waals surface area contributed by atoms with Crippen molar-refractivity contribution < 1.29 is 18.7 Å². The van der Waals surface area contributed by atoms with Crippen LogP contribution in [0.4, 0.5) is 4.39 Å². The lowest BCUT2D eigenvalue weighted by Gasteiger charge is -2.32. The van der Waals surface area contributed by atoms with E-state index in [1.165, 1.54) is 12.1 Å². The summed E-state index contributed by atoms with van der Waals surface area (Å²) in [5.74, 6) is -0.457. The van der Waals surface area contributed by atoms with Crippen LogP contribution in [0.15, 0.2) is 24.3 Å². The third kappa shape index (κ3) is 5.51. The molecule has 24 heavy (non-hydrogen) atoms. The molecule has 1 saturated heterocycles. The molecule has 0 aliphatic carbocycles. The zero-order valence-corrected chi connectivity index (χ0v) is 14.1. The molecule has 1 aliphatic rings. The first kappa shape index (κ1) is 18.2. The Hall–Kier alpha value is -2.11. The van der Waals surface area contributed by atoms with E-state index in [1.54, 1.807) is 17.0 Å². The van der Waals surface area contributed by atoms with Crippen LogP contribution in [-0.4, -0.2) is 42.5 Å². The Morgan fingerprint density at radius 1 is 1.29 bits per heavy atom. The molecule has 1 aliphatic heterocycles. The highest BCUT2D eigenvalue weighted by Crippen LogP contribution is 2.16. The molecule has 0 aromatic heterocycles. The number of carbonyl (C=O) groups excluding carboxylic acids is 2.